The van der Waals surface area contributed by atoms with Crippen LogP contribution in [-0.2, 0) is 22.6 Å². The van der Waals surface area contributed by atoms with Gasteiger partial charge in [0.2, 0.25) is 5.91 Å². The quantitative estimate of drug-likeness (QED) is 0.395. The Morgan fingerprint density at radius 1 is 0.975 bits per heavy atom. The van der Waals surface area contributed by atoms with E-state index in [4.69, 9.17) is 13.9 Å². The molecular weight excluding hydrogens is 506 g/mol. The average Bonchev–Trinajstić information content (AvgIpc) is 3.47. The van der Waals surface area contributed by atoms with E-state index in [-0.39, 0.29) is 24.5 Å². The summed E-state index contributed by atoms with van der Waals surface area (Å²) < 4.78 is 17.2. The molecule has 1 unspecified atom stereocenters. The second kappa shape index (κ2) is 12.7. The molecule has 2 aliphatic heterocycles. The molecule has 2 amide bonds. The molecule has 1 fully saturated rings. The van der Waals surface area contributed by atoms with Gasteiger partial charge in [-0.25, -0.2) is 0 Å². The van der Waals surface area contributed by atoms with Crippen LogP contribution in [0.15, 0.2) is 59.0 Å². The molecular formula is C32H39N3O5. The van der Waals surface area contributed by atoms with E-state index in [0.29, 0.717) is 49.9 Å². The molecule has 2 aliphatic rings. The van der Waals surface area contributed by atoms with Crippen LogP contribution in [0.4, 0.5) is 0 Å². The molecule has 8 heteroatoms. The highest BCUT2D eigenvalue weighted by molar-refractivity contribution is 5.91. The van der Waals surface area contributed by atoms with Gasteiger partial charge in [0.05, 0.1) is 12.6 Å². The maximum absolute atomic E-state index is 13.0. The van der Waals surface area contributed by atoms with Crippen molar-refractivity contribution in [3.63, 3.8) is 0 Å². The molecule has 40 heavy (non-hydrogen) atoms. The van der Waals surface area contributed by atoms with Crippen LogP contribution in [0.5, 0.6) is 5.75 Å². The van der Waals surface area contributed by atoms with Crippen LogP contribution in [-0.4, -0.2) is 79.5 Å². The van der Waals surface area contributed by atoms with Crippen LogP contribution in [0.1, 0.15) is 58.0 Å². The molecule has 212 valence electrons. The smallest absolute Gasteiger partial charge is 0.289 e. The summed E-state index contributed by atoms with van der Waals surface area (Å²) >= 11 is 0. The van der Waals surface area contributed by atoms with Crippen molar-refractivity contribution in [2.75, 3.05) is 53.0 Å². The fraction of sp³-hybridized carbons (Fsp3) is 0.438. The summed E-state index contributed by atoms with van der Waals surface area (Å²) in [6, 6.07) is 17.9. The molecule has 2 aromatic carbocycles. The first-order valence-electron chi connectivity index (χ1n) is 14.2. The van der Waals surface area contributed by atoms with Crippen LogP contribution in [0, 0.1) is 6.92 Å². The van der Waals surface area contributed by atoms with E-state index in [0.717, 1.165) is 37.2 Å². The molecule has 3 aromatic rings. The summed E-state index contributed by atoms with van der Waals surface area (Å²) in [6.07, 6.45) is 1.28. The molecule has 0 aliphatic carbocycles. The maximum Gasteiger partial charge on any atom is 0.289 e. The van der Waals surface area contributed by atoms with E-state index in [1.54, 1.807) is 19.2 Å². The molecule has 0 N–H and O–H groups in total. The third-order valence-corrected chi connectivity index (χ3v) is 7.89. The van der Waals surface area contributed by atoms with Gasteiger partial charge in [-0.15, -0.1) is 0 Å². The normalized spacial score (nSPS) is 17.5. The largest absolute Gasteiger partial charge is 0.486 e. The molecule has 0 radical (unpaired) electrons. The summed E-state index contributed by atoms with van der Waals surface area (Å²) in [7, 11) is 1.70. The van der Waals surface area contributed by atoms with Gasteiger partial charge in [-0.05, 0) is 54.3 Å². The highest BCUT2D eigenvalue weighted by Crippen LogP contribution is 2.37. The third-order valence-electron chi connectivity index (χ3n) is 7.89. The highest BCUT2D eigenvalue weighted by atomic mass is 16.5. The van der Waals surface area contributed by atoms with Crippen molar-refractivity contribution in [3.8, 4) is 5.75 Å². The van der Waals surface area contributed by atoms with Gasteiger partial charge in [0.1, 0.15) is 18.1 Å². The summed E-state index contributed by atoms with van der Waals surface area (Å²) in [6.45, 7) is 9.46. The lowest BCUT2D eigenvalue weighted by atomic mass is 9.87. The summed E-state index contributed by atoms with van der Waals surface area (Å²) in [5.74, 6) is 1.69. The van der Waals surface area contributed by atoms with Gasteiger partial charge >= 0.3 is 0 Å². The predicted molar refractivity (Wildman–Crippen MR) is 152 cm³/mol. The number of furan rings is 1. The van der Waals surface area contributed by atoms with Gasteiger partial charge < -0.3 is 23.7 Å². The lowest BCUT2D eigenvalue weighted by Gasteiger charge is -2.38. The number of piperazine rings is 1. The number of nitrogens with zero attached hydrogens (tertiary/aromatic N) is 3. The Balaban J connectivity index is 1.26. The van der Waals surface area contributed by atoms with E-state index >= 15 is 0 Å². The van der Waals surface area contributed by atoms with Crippen LogP contribution < -0.4 is 4.74 Å². The fourth-order valence-corrected chi connectivity index (χ4v) is 5.54. The van der Waals surface area contributed by atoms with Crippen molar-refractivity contribution in [1.29, 1.82) is 0 Å². The van der Waals surface area contributed by atoms with Gasteiger partial charge in [0.25, 0.3) is 5.91 Å². The van der Waals surface area contributed by atoms with Gasteiger partial charge in [0.15, 0.2) is 5.76 Å². The second-order valence-electron chi connectivity index (χ2n) is 10.5. The van der Waals surface area contributed by atoms with Crippen molar-refractivity contribution in [3.05, 3.63) is 88.4 Å². The number of ether oxygens (including phenoxy) is 2. The molecule has 0 saturated carbocycles. The fourth-order valence-electron chi connectivity index (χ4n) is 5.54. The van der Waals surface area contributed by atoms with Crippen molar-refractivity contribution in [2.24, 2.45) is 0 Å². The SMILES string of the molecule is CCC(=O)N1CCc2ccc(OCc3ccc(C(=O)N4CCN(CCOC)CC4)o3)cc2C1c1ccc(C)cc1. The number of hydrogen-bond acceptors (Lipinski definition) is 6. The van der Waals surface area contributed by atoms with Crippen molar-refractivity contribution in [2.45, 2.75) is 39.3 Å². The van der Waals surface area contributed by atoms with Gasteiger partial charge in [-0.2, -0.15) is 0 Å². The van der Waals surface area contributed by atoms with E-state index in [2.05, 4.69) is 42.2 Å². The Kier molecular flexibility index (Phi) is 8.87. The minimum absolute atomic E-state index is 0.0898. The van der Waals surface area contributed by atoms with E-state index in [1.165, 1.54) is 11.1 Å². The summed E-state index contributed by atoms with van der Waals surface area (Å²) in [5, 5.41) is 0. The number of methoxy groups -OCH3 is 1. The topological polar surface area (TPSA) is 75.5 Å². The lowest BCUT2D eigenvalue weighted by Crippen LogP contribution is -2.49. The van der Waals surface area contributed by atoms with E-state index in [1.807, 2.05) is 28.9 Å². The summed E-state index contributed by atoms with van der Waals surface area (Å²) in [4.78, 5) is 32.0. The number of hydrogen-bond donors (Lipinski definition) is 0. The molecule has 1 aromatic heterocycles. The zero-order chi connectivity index (χ0) is 28.1. The first-order valence-corrected chi connectivity index (χ1v) is 14.2. The van der Waals surface area contributed by atoms with Crippen molar-refractivity contribution in [1.82, 2.24) is 14.7 Å². The monoisotopic (exact) mass is 545 g/mol. The van der Waals surface area contributed by atoms with Gasteiger partial charge in [-0.3, -0.25) is 14.5 Å². The van der Waals surface area contributed by atoms with E-state index < -0.39 is 0 Å². The predicted octanol–water partition coefficient (Wildman–Crippen LogP) is 4.46. The Hall–Kier alpha value is -3.62. The number of amides is 2. The Morgan fingerprint density at radius 2 is 1.75 bits per heavy atom. The van der Waals surface area contributed by atoms with Gasteiger partial charge in [0, 0.05) is 52.8 Å². The first-order chi connectivity index (χ1) is 19.5. The molecule has 1 atom stereocenters. The molecule has 3 heterocycles. The van der Waals surface area contributed by atoms with Gasteiger partial charge in [-0.1, -0.05) is 42.8 Å². The van der Waals surface area contributed by atoms with E-state index in [9.17, 15) is 9.59 Å². The Bertz CT molecular complexity index is 1310. The number of benzene rings is 2. The van der Waals surface area contributed by atoms with Crippen molar-refractivity contribution < 1.29 is 23.5 Å². The van der Waals surface area contributed by atoms with Crippen LogP contribution in [0.2, 0.25) is 0 Å². The second-order valence-corrected chi connectivity index (χ2v) is 10.5. The first kappa shape index (κ1) is 27.9. The highest BCUT2D eigenvalue weighted by Gasteiger charge is 2.32. The molecule has 0 spiro atoms. The lowest BCUT2D eigenvalue weighted by molar-refractivity contribution is -0.132. The standard InChI is InChI=1S/C32H39N3O5/c1-4-30(36)35-14-13-24-9-10-26(21-28(24)31(35)25-7-5-23(2)6-8-25)39-22-27-11-12-29(40-27)32(37)34-17-15-33(16-18-34)19-20-38-3/h5-12,21,31H,4,13-20,22H2,1-3H3. The number of fused-ring (bicyclic) bond motifs is 1. The number of carbonyl (C=O) groups is 2. The number of aryl methyl sites for hydroxylation is 1. The molecule has 8 nitrogen and oxygen atoms in total. The minimum Gasteiger partial charge on any atom is -0.486 e. The molecule has 5 rings (SSSR count). The van der Waals surface area contributed by atoms with Crippen LogP contribution >= 0.6 is 0 Å². The third kappa shape index (κ3) is 6.24. The summed E-state index contributed by atoms with van der Waals surface area (Å²) in [5.41, 5.74) is 4.60. The Morgan fingerprint density at radius 3 is 2.48 bits per heavy atom. The average molecular weight is 546 g/mol. The minimum atomic E-state index is -0.150. The zero-order valence-corrected chi connectivity index (χ0v) is 23.7. The zero-order valence-electron chi connectivity index (χ0n) is 23.7. The number of rotatable bonds is 9. The Labute approximate surface area is 236 Å². The molecule has 0 bridgehead atoms. The molecule has 1 saturated heterocycles. The van der Waals surface area contributed by atoms with Crippen LogP contribution in [0.25, 0.3) is 0 Å². The van der Waals surface area contributed by atoms with Crippen molar-refractivity contribution >= 4 is 11.8 Å². The van der Waals surface area contributed by atoms with Crippen LogP contribution in [0.3, 0.4) is 0 Å². The maximum atomic E-state index is 13.0. The number of carbonyl (C=O) groups excluding carboxylic acids is 2.